The Kier molecular flexibility index (Phi) is 5.34. The molecule has 2 aliphatic heterocycles. The van der Waals surface area contributed by atoms with Gasteiger partial charge in [0.25, 0.3) is 0 Å². The van der Waals surface area contributed by atoms with E-state index in [1.165, 1.54) is 5.56 Å². The number of rotatable bonds is 3. The van der Waals surface area contributed by atoms with E-state index in [9.17, 15) is 13.2 Å². The maximum atomic E-state index is 12.5. The van der Waals surface area contributed by atoms with Crippen LogP contribution >= 0.6 is 0 Å². The van der Waals surface area contributed by atoms with E-state index in [0.717, 1.165) is 18.5 Å². The largest absolute Gasteiger partial charge is 0.324 e. The number of anilines is 1. The number of amides is 2. The average molecular weight is 365 g/mol. The monoisotopic (exact) mass is 365 g/mol. The maximum absolute atomic E-state index is 12.5. The van der Waals surface area contributed by atoms with Gasteiger partial charge in [-0.15, -0.1) is 0 Å². The van der Waals surface area contributed by atoms with E-state index in [1.54, 1.807) is 9.21 Å². The molecule has 2 heterocycles. The van der Waals surface area contributed by atoms with Gasteiger partial charge in [-0.05, 0) is 42.9 Å². The molecule has 0 aromatic heterocycles. The number of sulfonamides is 1. The van der Waals surface area contributed by atoms with Gasteiger partial charge in [0.1, 0.15) is 0 Å². The van der Waals surface area contributed by atoms with E-state index in [1.807, 2.05) is 31.2 Å². The Bertz CT molecular complexity index is 718. The summed E-state index contributed by atoms with van der Waals surface area (Å²) in [5, 5.41) is 2.59. The van der Waals surface area contributed by atoms with Crippen LogP contribution in [-0.2, 0) is 16.4 Å². The lowest BCUT2D eigenvalue weighted by molar-refractivity contribution is 0.212. The highest BCUT2D eigenvalue weighted by atomic mass is 32.2. The lowest BCUT2D eigenvalue weighted by Gasteiger charge is -2.22. The minimum atomic E-state index is -3.20. The van der Waals surface area contributed by atoms with E-state index in [2.05, 4.69) is 12.2 Å². The van der Waals surface area contributed by atoms with Crippen LogP contribution in [0.4, 0.5) is 10.5 Å². The molecule has 2 saturated heterocycles. The third-order valence-electron chi connectivity index (χ3n) is 5.41. The van der Waals surface area contributed by atoms with Crippen LogP contribution in [0.2, 0.25) is 0 Å². The SMILES string of the molecule is CCc1ccc(NC(=O)N2CC[C@@H]3CN(CC)S(=O)(=O)[C@@H]3CC2)cc1. The van der Waals surface area contributed by atoms with E-state index in [-0.39, 0.29) is 17.2 Å². The van der Waals surface area contributed by atoms with Crippen molar-refractivity contribution in [2.24, 2.45) is 5.92 Å². The molecule has 2 fully saturated rings. The fraction of sp³-hybridized carbons (Fsp3) is 0.611. The number of carbonyl (C=O) groups is 1. The first kappa shape index (κ1) is 18.2. The molecular weight excluding hydrogens is 338 g/mol. The predicted octanol–water partition coefficient (Wildman–Crippen LogP) is 2.53. The second-order valence-corrected chi connectivity index (χ2v) is 8.99. The van der Waals surface area contributed by atoms with Gasteiger partial charge >= 0.3 is 6.03 Å². The number of hydrogen-bond acceptors (Lipinski definition) is 3. The van der Waals surface area contributed by atoms with Crippen LogP contribution < -0.4 is 5.32 Å². The van der Waals surface area contributed by atoms with Crippen LogP contribution in [0.15, 0.2) is 24.3 Å². The first-order chi connectivity index (χ1) is 12.0. The van der Waals surface area contributed by atoms with Crippen LogP contribution in [-0.4, -0.2) is 55.1 Å². The van der Waals surface area contributed by atoms with Crippen molar-refractivity contribution in [2.45, 2.75) is 38.4 Å². The van der Waals surface area contributed by atoms with Crippen molar-refractivity contribution in [1.82, 2.24) is 9.21 Å². The summed E-state index contributed by atoms with van der Waals surface area (Å²) < 4.78 is 26.7. The van der Waals surface area contributed by atoms with Gasteiger partial charge in [0, 0.05) is 31.9 Å². The van der Waals surface area contributed by atoms with E-state index in [0.29, 0.717) is 32.6 Å². The molecule has 7 heteroatoms. The van der Waals surface area contributed by atoms with Gasteiger partial charge in [0.2, 0.25) is 10.0 Å². The first-order valence-corrected chi connectivity index (χ1v) is 10.6. The zero-order chi connectivity index (χ0) is 18.0. The van der Waals surface area contributed by atoms with Gasteiger partial charge in [-0.2, -0.15) is 0 Å². The van der Waals surface area contributed by atoms with Gasteiger partial charge in [-0.1, -0.05) is 26.0 Å². The Balaban J connectivity index is 1.63. The molecule has 0 aliphatic carbocycles. The van der Waals surface area contributed by atoms with Crippen molar-refractivity contribution in [3.8, 4) is 0 Å². The molecule has 138 valence electrons. The quantitative estimate of drug-likeness (QED) is 0.895. The molecule has 0 bridgehead atoms. The summed E-state index contributed by atoms with van der Waals surface area (Å²) in [7, 11) is -3.20. The molecular formula is C18H27N3O3S. The third kappa shape index (κ3) is 3.67. The zero-order valence-corrected chi connectivity index (χ0v) is 15.8. The smallest absolute Gasteiger partial charge is 0.321 e. The topological polar surface area (TPSA) is 69.7 Å². The normalized spacial score (nSPS) is 26.1. The van der Waals surface area contributed by atoms with E-state index < -0.39 is 10.0 Å². The Hall–Kier alpha value is -1.60. The minimum absolute atomic E-state index is 0.131. The van der Waals surface area contributed by atoms with Crippen LogP contribution in [0.1, 0.15) is 32.3 Å². The molecule has 0 saturated carbocycles. The molecule has 25 heavy (non-hydrogen) atoms. The molecule has 0 spiro atoms. The molecule has 0 radical (unpaired) electrons. The van der Waals surface area contributed by atoms with Gasteiger partial charge in [-0.25, -0.2) is 17.5 Å². The van der Waals surface area contributed by atoms with Gasteiger partial charge < -0.3 is 10.2 Å². The minimum Gasteiger partial charge on any atom is -0.324 e. The Morgan fingerprint density at radius 1 is 1.16 bits per heavy atom. The lowest BCUT2D eigenvalue weighted by atomic mass is 10.0. The Morgan fingerprint density at radius 3 is 2.48 bits per heavy atom. The summed E-state index contributed by atoms with van der Waals surface area (Å²) in [5.74, 6) is 0.131. The fourth-order valence-electron chi connectivity index (χ4n) is 3.83. The van der Waals surface area contributed by atoms with Crippen LogP contribution in [0, 0.1) is 5.92 Å². The van der Waals surface area contributed by atoms with Gasteiger partial charge in [-0.3, -0.25) is 0 Å². The van der Waals surface area contributed by atoms with Crippen LogP contribution in [0.3, 0.4) is 0 Å². The molecule has 2 amide bonds. The van der Waals surface area contributed by atoms with Crippen molar-refractivity contribution in [3.63, 3.8) is 0 Å². The summed E-state index contributed by atoms with van der Waals surface area (Å²) in [6.45, 7) is 6.19. The molecule has 1 aromatic carbocycles. The highest BCUT2D eigenvalue weighted by molar-refractivity contribution is 7.90. The number of benzene rings is 1. The number of aryl methyl sites for hydroxylation is 1. The fourth-order valence-corrected chi connectivity index (χ4v) is 6.09. The third-order valence-corrected chi connectivity index (χ3v) is 7.93. The summed E-state index contributed by atoms with van der Waals surface area (Å²) >= 11 is 0. The van der Waals surface area contributed by atoms with Crippen LogP contribution in [0.25, 0.3) is 0 Å². The van der Waals surface area contributed by atoms with E-state index in [4.69, 9.17) is 0 Å². The molecule has 2 aliphatic rings. The van der Waals surface area contributed by atoms with Crippen molar-refractivity contribution in [1.29, 1.82) is 0 Å². The van der Waals surface area contributed by atoms with Crippen molar-refractivity contribution in [3.05, 3.63) is 29.8 Å². The molecule has 1 N–H and O–H groups in total. The maximum Gasteiger partial charge on any atom is 0.321 e. The Labute approximate surface area is 150 Å². The van der Waals surface area contributed by atoms with Gasteiger partial charge in [0.05, 0.1) is 5.25 Å². The zero-order valence-electron chi connectivity index (χ0n) is 14.9. The molecule has 2 atom stereocenters. The summed E-state index contributed by atoms with van der Waals surface area (Å²) in [6, 6.07) is 7.69. The van der Waals surface area contributed by atoms with Gasteiger partial charge in [0.15, 0.2) is 0 Å². The summed E-state index contributed by atoms with van der Waals surface area (Å²) in [6.07, 6.45) is 2.22. The van der Waals surface area contributed by atoms with E-state index >= 15 is 0 Å². The lowest BCUT2D eigenvalue weighted by Crippen LogP contribution is -2.37. The number of carbonyl (C=O) groups excluding carboxylic acids is 1. The summed E-state index contributed by atoms with van der Waals surface area (Å²) in [5.41, 5.74) is 2.00. The summed E-state index contributed by atoms with van der Waals surface area (Å²) in [4.78, 5) is 14.3. The molecule has 6 nitrogen and oxygen atoms in total. The first-order valence-electron chi connectivity index (χ1n) is 9.09. The molecule has 1 aromatic rings. The number of nitrogens with one attached hydrogen (secondary N) is 1. The number of fused-ring (bicyclic) bond motifs is 1. The van der Waals surface area contributed by atoms with Crippen molar-refractivity contribution < 1.29 is 13.2 Å². The number of likely N-dealkylation sites (tertiary alicyclic amines) is 1. The predicted molar refractivity (Wildman–Crippen MR) is 99.1 cm³/mol. The number of urea groups is 1. The molecule has 3 rings (SSSR count). The second-order valence-electron chi connectivity index (χ2n) is 6.84. The number of nitrogens with zero attached hydrogens (tertiary/aromatic N) is 2. The van der Waals surface area contributed by atoms with Crippen LogP contribution in [0.5, 0.6) is 0 Å². The van der Waals surface area contributed by atoms with Crippen molar-refractivity contribution >= 4 is 21.7 Å². The standard InChI is InChI=1S/C18H27N3O3S/c1-3-14-5-7-16(8-6-14)19-18(22)20-11-9-15-13-21(4-2)25(23,24)17(15)10-12-20/h5-8,15,17H,3-4,9-13H2,1-2H3,(H,19,22)/t15-,17-/m1/s1. The second kappa shape index (κ2) is 7.33. The number of hydrogen-bond donors (Lipinski definition) is 1. The Morgan fingerprint density at radius 2 is 1.84 bits per heavy atom. The average Bonchev–Trinajstić information content (AvgIpc) is 2.75. The highest BCUT2D eigenvalue weighted by Gasteiger charge is 2.46. The molecule has 0 unspecified atom stereocenters. The highest BCUT2D eigenvalue weighted by Crippen LogP contribution is 2.34. The van der Waals surface area contributed by atoms with Crippen molar-refractivity contribution in [2.75, 3.05) is 31.5 Å².